The number of carbonyl (C=O) groups is 1. The fourth-order valence-electron chi connectivity index (χ4n) is 1.78. The molecule has 0 bridgehead atoms. The fourth-order valence-corrected chi connectivity index (χ4v) is 1.78. The van der Waals surface area contributed by atoms with Crippen molar-refractivity contribution >= 4 is 5.97 Å². The lowest BCUT2D eigenvalue weighted by molar-refractivity contribution is -0.134. The van der Waals surface area contributed by atoms with Crippen molar-refractivity contribution in [3.05, 3.63) is 29.3 Å². The highest BCUT2D eigenvalue weighted by Crippen LogP contribution is 2.40. The van der Waals surface area contributed by atoms with Crippen LogP contribution in [0.15, 0.2) is 18.2 Å². The average Bonchev–Trinajstić information content (AvgIpc) is 2.17. The van der Waals surface area contributed by atoms with E-state index in [-0.39, 0.29) is 18.4 Å². The number of rotatable bonds is 3. The van der Waals surface area contributed by atoms with Gasteiger partial charge in [0.2, 0.25) is 0 Å². The molecule has 3 nitrogen and oxygen atoms in total. The van der Waals surface area contributed by atoms with Gasteiger partial charge in [0.05, 0.1) is 5.56 Å². The van der Waals surface area contributed by atoms with Crippen molar-refractivity contribution in [1.29, 1.82) is 0 Å². The third kappa shape index (κ3) is 2.54. The number of alkyl halides is 2. The minimum Gasteiger partial charge on any atom is -0.490 e. The van der Waals surface area contributed by atoms with Gasteiger partial charge in [-0.05, 0) is 30.7 Å². The summed E-state index contributed by atoms with van der Waals surface area (Å²) in [5.41, 5.74) is 0.800. The van der Waals surface area contributed by atoms with Crippen LogP contribution in [0.2, 0.25) is 0 Å². The largest absolute Gasteiger partial charge is 0.490 e. The summed E-state index contributed by atoms with van der Waals surface area (Å²) in [5, 5.41) is 8.77. The third-order valence-corrected chi connectivity index (χ3v) is 2.77. The quantitative estimate of drug-likeness (QED) is 0.886. The van der Waals surface area contributed by atoms with Gasteiger partial charge in [-0.1, -0.05) is 0 Å². The maximum atomic E-state index is 12.6. The van der Waals surface area contributed by atoms with Crippen LogP contribution in [-0.2, 0) is 0 Å². The summed E-state index contributed by atoms with van der Waals surface area (Å²) in [6.45, 7) is 1.69. The normalized spacial score (nSPS) is 18.5. The Kier molecular flexibility index (Phi) is 2.77. The maximum Gasteiger partial charge on any atom is 0.335 e. The fraction of sp³-hybridized carbons (Fsp3) is 0.417. The Morgan fingerprint density at radius 1 is 1.47 bits per heavy atom. The van der Waals surface area contributed by atoms with Crippen LogP contribution in [0.1, 0.15) is 28.8 Å². The van der Waals surface area contributed by atoms with Gasteiger partial charge in [0.15, 0.2) is 0 Å². The van der Waals surface area contributed by atoms with Crippen LogP contribution >= 0.6 is 0 Å². The number of aromatic carboxylic acids is 1. The van der Waals surface area contributed by atoms with Crippen molar-refractivity contribution in [2.45, 2.75) is 31.8 Å². The summed E-state index contributed by atoms with van der Waals surface area (Å²) in [6.07, 6.45) is -1.01. The average molecular weight is 242 g/mol. The van der Waals surface area contributed by atoms with E-state index >= 15 is 0 Å². The summed E-state index contributed by atoms with van der Waals surface area (Å²) < 4.78 is 30.6. The summed E-state index contributed by atoms with van der Waals surface area (Å²) in [4.78, 5) is 10.7. The first-order valence-corrected chi connectivity index (χ1v) is 5.26. The molecule has 92 valence electrons. The van der Waals surface area contributed by atoms with Gasteiger partial charge in [0.25, 0.3) is 5.92 Å². The van der Waals surface area contributed by atoms with Gasteiger partial charge < -0.3 is 9.84 Å². The van der Waals surface area contributed by atoms with Crippen molar-refractivity contribution < 1.29 is 23.4 Å². The second-order valence-corrected chi connectivity index (χ2v) is 4.29. The first-order chi connectivity index (χ1) is 7.87. The minimum absolute atomic E-state index is 0.161. The number of hydrogen-bond donors (Lipinski definition) is 1. The Labute approximate surface area is 97.0 Å². The number of carboxylic acids is 1. The predicted molar refractivity (Wildman–Crippen MR) is 56.7 cm³/mol. The van der Waals surface area contributed by atoms with Gasteiger partial charge in [-0.25, -0.2) is 13.6 Å². The van der Waals surface area contributed by atoms with Crippen molar-refractivity contribution in [2.24, 2.45) is 0 Å². The summed E-state index contributed by atoms with van der Waals surface area (Å²) in [7, 11) is 0. The van der Waals surface area contributed by atoms with Gasteiger partial charge in [0.1, 0.15) is 11.9 Å². The molecule has 0 aliphatic heterocycles. The standard InChI is InChI=1S/C12H12F2O3/c1-7-4-8(11(15)16)2-3-10(7)17-9-5-12(13,14)6-9/h2-4,9H,5-6H2,1H3,(H,15,16). The lowest BCUT2D eigenvalue weighted by Gasteiger charge is -2.35. The Morgan fingerprint density at radius 2 is 2.12 bits per heavy atom. The van der Waals surface area contributed by atoms with Crippen LogP contribution in [0.3, 0.4) is 0 Å². The molecular weight excluding hydrogens is 230 g/mol. The molecule has 0 saturated heterocycles. The van der Waals surface area contributed by atoms with E-state index in [2.05, 4.69) is 0 Å². The van der Waals surface area contributed by atoms with Crippen molar-refractivity contribution in [1.82, 2.24) is 0 Å². The monoisotopic (exact) mass is 242 g/mol. The van der Waals surface area contributed by atoms with Gasteiger partial charge in [-0.2, -0.15) is 0 Å². The van der Waals surface area contributed by atoms with Crippen LogP contribution in [0.5, 0.6) is 5.75 Å². The highest BCUT2D eigenvalue weighted by Gasteiger charge is 2.47. The molecule has 2 rings (SSSR count). The molecule has 1 aliphatic carbocycles. The van der Waals surface area contributed by atoms with E-state index in [0.29, 0.717) is 11.3 Å². The minimum atomic E-state index is -2.61. The number of halogens is 2. The molecule has 0 aromatic heterocycles. The van der Waals surface area contributed by atoms with Crippen LogP contribution in [0.4, 0.5) is 8.78 Å². The van der Waals surface area contributed by atoms with E-state index in [0.717, 1.165) is 0 Å². The summed E-state index contributed by atoms with van der Waals surface area (Å²) in [6, 6.07) is 4.38. The van der Waals surface area contributed by atoms with Gasteiger partial charge in [0, 0.05) is 12.8 Å². The van der Waals surface area contributed by atoms with Crippen LogP contribution in [0.25, 0.3) is 0 Å². The maximum absolute atomic E-state index is 12.6. The van der Waals surface area contributed by atoms with E-state index in [9.17, 15) is 13.6 Å². The molecule has 1 fully saturated rings. The van der Waals surface area contributed by atoms with Gasteiger partial charge in [-0.15, -0.1) is 0 Å². The molecule has 0 unspecified atom stereocenters. The lowest BCUT2D eigenvalue weighted by Crippen LogP contribution is -2.43. The van der Waals surface area contributed by atoms with E-state index in [1.165, 1.54) is 18.2 Å². The summed E-state index contributed by atoms with van der Waals surface area (Å²) in [5.74, 6) is -3.16. The smallest absolute Gasteiger partial charge is 0.335 e. The van der Waals surface area contributed by atoms with Crippen LogP contribution < -0.4 is 4.74 Å². The number of benzene rings is 1. The molecule has 0 heterocycles. The van der Waals surface area contributed by atoms with Crippen molar-refractivity contribution in [2.75, 3.05) is 0 Å². The highest BCUT2D eigenvalue weighted by molar-refractivity contribution is 5.88. The Hall–Kier alpha value is -1.65. The molecule has 1 saturated carbocycles. The number of aryl methyl sites for hydroxylation is 1. The van der Waals surface area contributed by atoms with Crippen molar-refractivity contribution in [3.8, 4) is 5.75 Å². The van der Waals surface area contributed by atoms with Gasteiger partial charge in [-0.3, -0.25) is 0 Å². The molecule has 0 radical (unpaired) electrons. The van der Waals surface area contributed by atoms with Crippen LogP contribution in [0, 0.1) is 6.92 Å². The molecule has 0 atom stereocenters. The zero-order chi connectivity index (χ0) is 12.6. The molecule has 0 amide bonds. The second-order valence-electron chi connectivity index (χ2n) is 4.29. The third-order valence-electron chi connectivity index (χ3n) is 2.77. The zero-order valence-electron chi connectivity index (χ0n) is 9.24. The zero-order valence-corrected chi connectivity index (χ0v) is 9.24. The van der Waals surface area contributed by atoms with E-state index < -0.39 is 18.0 Å². The molecule has 0 spiro atoms. The number of hydrogen-bond acceptors (Lipinski definition) is 2. The van der Waals surface area contributed by atoms with E-state index in [1.54, 1.807) is 6.92 Å². The predicted octanol–water partition coefficient (Wildman–Crippen LogP) is 2.87. The molecule has 17 heavy (non-hydrogen) atoms. The molecule has 1 N–H and O–H groups in total. The second kappa shape index (κ2) is 3.98. The molecule has 1 aliphatic rings. The van der Waals surface area contributed by atoms with Crippen LogP contribution in [-0.4, -0.2) is 23.1 Å². The first-order valence-electron chi connectivity index (χ1n) is 5.26. The lowest BCUT2D eigenvalue weighted by atomic mass is 9.91. The number of carboxylic acid groups (broad SMARTS) is 1. The Morgan fingerprint density at radius 3 is 2.59 bits per heavy atom. The molecule has 1 aromatic carbocycles. The van der Waals surface area contributed by atoms with Crippen molar-refractivity contribution in [3.63, 3.8) is 0 Å². The molecular formula is C12H12F2O3. The number of ether oxygens (including phenoxy) is 1. The Balaban J connectivity index is 2.05. The molecule has 1 aromatic rings. The highest BCUT2D eigenvalue weighted by atomic mass is 19.3. The van der Waals surface area contributed by atoms with Gasteiger partial charge >= 0.3 is 5.97 Å². The SMILES string of the molecule is Cc1cc(C(=O)O)ccc1OC1CC(F)(F)C1. The summed E-state index contributed by atoms with van der Waals surface area (Å²) >= 11 is 0. The molecule has 5 heteroatoms. The first kappa shape index (κ1) is 11.8. The van der Waals surface area contributed by atoms with E-state index in [1.807, 2.05) is 0 Å². The van der Waals surface area contributed by atoms with E-state index in [4.69, 9.17) is 9.84 Å². The Bertz CT molecular complexity index is 449. The topological polar surface area (TPSA) is 46.5 Å².